The first-order chi connectivity index (χ1) is 9.74. The molecule has 3 rings (SSSR count). The molecule has 0 radical (unpaired) electrons. The van der Waals surface area contributed by atoms with Gasteiger partial charge in [0.1, 0.15) is 5.82 Å². The minimum atomic E-state index is -0.376. The summed E-state index contributed by atoms with van der Waals surface area (Å²) in [6.07, 6.45) is 2.55. The fourth-order valence-electron chi connectivity index (χ4n) is 2.19. The molecule has 0 saturated heterocycles. The molecule has 1 aliphatic carbocycles. The van der Waals surface area contributed by atoms with E-state index in [0.717, 1.165) is 17.7 Å². The number of nitrogens with zero attached hydrogens (tertiary/aromatic N) is 1. The Labute approximate surface area is 117 Å². The SMILES string of the molecule is N#Cc1cc(F)cc(-c2ccc(CNC3CC3)cc2)c1. The summed E-state index contributed by atoms with van der Waals surface area (Å²) in [6.45, 7) is 0.873. The highest BCUT2D eigenvalue weighted by atomic mass is 19.1. The van der Waals surface area contributed by atoms with Crippen LogP contribution in [-0.2, 0) is 6.54 Å². The zero-order valence-electron chi connectivity index (χ0n) is 11.1. The minimum Gasteiger partial charge on any atom is -0.310 e. The lowest BCUT2D eigenvalue weighted by Gasteiger charge is -2.06. The molecule has 0 bridgehead atoms. The Morgan fingerprint density at radius 2 is 1.85 bits per heavy atom. The maximum absolute atomic E-state index is 13.4. The number of hydrogen-bond acceptors (Lipinski definition) is 2. The Morgan fingerprint density at radius 1 is 1.10 bits per heavy atom. The zero-order chi connectivity index (χ0) is 13.9. The van der Waals surface area contributed by atoms with Crippen LogP contribution in [0, 0.1) is 17.1 Å². The number of benzene rings is 2. The zero-order valence-corrected chi connectivity index (χ0v) is 11.1. The van der Waals surface area contributed by atoms with Crippen molar-refractivity contribution >= 4 is 0 Å². The largest absolute Gasteiger partial charge is 0.310 e. The van der Waals surface area contributed by atoms with Gasteiger partial charge in [0.2, 0.25) is 0 Å². The van der Waals surface area contributed by atoms with Gasteiger partial charge in [-0.1, -0.05) is 24.3 Å². The molecule has 0 unspecified atom stereocenters. The molecule has 3 heteroatoms. The molecule has 2 aromatic rings. The van der Waals surface area contributed by atoms with E-state index in [1.165, 1.54) is 30.5 Å². The highest BCUT2D eigenvalue weighted by Gasteiger charge is 2.19. The Hall–Kier alpha value is -2.18. The van der Waals surface area contributed by atoms with Crippen molar-refractivity contribution in [2.45, 2.75) is 25.4 Å². The molecule has 2 aromatic carbocycles. The maximum Gasteiger partial charge on any atom is 0.125 e. The second-order valence-corrected chi connectivity index (χ2v) is 5.19. The first-order valence-electron chi connectivity index (χ1n) is 6.78. The number of hydrogen-bond donors (Lipinski definition) is 1. The van der Waals surface area contributed by atoms with Crippen LogP contribution in [0.25, 0.3) is 11.1 Å². The molecule has 1 fully saturated rings. The molecule has 2 nitrogen and oxygen atoms in total. The van der Waals surface area contributed by atoms with Crippen LogP contribution in [0.2, 0.25) is 0 Å². The number of halogens is 1. The van der Waals surface area contributed by atoms with Gasteiger partial charge in [0.25, 0.3) is 0 Å². The Kier molecular flexibility index (Phi) is 3.49. The fraction of sp³-hybridized carbons (Fsp3) is 0.235. The monoisotopic (exact) mass is 266 g/mol. The van der Waals surface area contributed by atoms with Crippen molar-refractivity contribution in [3.63, 3.8) is 0 Å². The molecule has 20 heavy (non-hydrogen) atoms. The number of nitriles is 1. The van der Waals surface area contributed by atoms with Gasteiger partial charge in [0.05, 0.1) is 11.6 Å². The number of rotatable bonds is 4. The van der Waals surface area contributed by atoms with Crippen LogP contribution in [0.5, 0.6) is 0 Å². The van der Waals surface area contributed by atoms with E-state index in [4.69, 9.17) is 5.26 Å². The lowest BCUT2D eigenvalue weighted by Crippen LogP contribution is -2.14. The number of nitrogens with one attached hydrogen (secondary N) is 1. The van der Waals surface area contributed by atoms with Gasteiger partial charge in [-0.15, -0.1) is 0 Å². The lowest BCUT2D eigenvalue weighted by molar-refractivity contribution is 0.628. The van der Waals surface area contributed by atoms with Crippen molar-refractivity contribution in [1.82, 2.24) is 5.32 Å². The van der Waals surface area contributed by atoms with Crippen LogP contribution >= 0.6 is 0 Å². The smallest absolute Gasteiger partial charge is 0.125 e. The summed E-state index contributed by atoms with van der Waals surface area (Å²) in [5, 5.41) is 12.3. The molecular weight excluding hydrogens is 251 g/mol. The van der Waals surface area contributed by atoms with Crippen LogP contribution in [0.4, 0.5) is 4.39 Å². The summed E-state index contributed by atoms with van der Waals surface area (Å²) in [6, 6.07) is 15.1. The van der Waals surface area contributed by atoms with E-state index in [1.807, 2.05) is 30.3 Å². The average Bonchev–Trinajstić information content (AvgIpc) is 3.29. The standard InChI is InChI=1S/C17H15FN2/c18-16-8-13(10-19)7-15(9-16)14-3-1-12(2-4-14)11-20-17-5-6-17/h1-4,7-9,17,20H,5-6,11H2. The molecular formula is C17H15FN2. The van der Waals surface area contributed by atoms with Gasteiger partial charge in [-0.2, -0.15) is 5.26 Å². The highest BCUT2D eigenvalue weighted by Crippen LogP contribution is 2.23. The molecule has 0 heterocycles. The summed E-state index contributed by atoms with van der Waals surface area (Å²) in [5.74, 6) is -0.376. The molecule has 0 spiro atoms. The van der Waals surface area contributed by atoms with Crippen molar-refractivity contribution in [2.24, 2.45) is 0 Å². The summed E-state index contributed by atoms with van der Waals surface area (Å²) in [5.41, 5.74) is 3.23. The van der Waals surface area contributed by atoms with Gasteiger partial charge in [-0.3, -0.25) is 0 Å². The Balaban J connectivity index is 1.79. The van der Waals surface area contributed by atoms with Gasteiger partial charge < -0.3 is 5.32 Å². The third-order valence-corrected chi connectivity index (χ3v) is 3.49. The van der Waals surface area contributed by atoms with E-state index in [2.05, 4.69) is 5.32 Å². The summed E-state index contributed by atoms with van der Waals surface area (Å²) in [4.78, 5) is 0. The predicted molar refractivity (Wildman–Crippen MR) is 76.4 cm³/mol. The van der Waals surface area contributed by atoms with Crippen LogP contribution in [0.15, 0.2) is 42.5 Å². The fourth-order valence-corrected chi connectivity index (χ4v) is 2.19. The Bertz CT molecular complexity index is 652. The van der Waals surface area contributed by atoms with Crippen LogP contribution in [0.3, 0.4) is 0 Å². The minimum absolute atomic E-state index is 0.347. The van der Waals surface area contributed by atoms with E-state index >= 15 is 0 Å². The van der Waals surface area contributed by atoms with E-state index < -0.39 is 0 Å². The van der Waals surface area contributed by atoms with Gasteiger partial charge in [-0.25, -0.2) is 4.39 Å². The molecule has 0 aliphatic heterocycles. The molecule has 0 amide bonds. The van der Waals surface area contributed by atoms with Crippen LogP contribution < -0.4 is 5.32 Å². The molecule has 0 aromatic heterocycles. The van der Waals surface area contributed by atoms with Crippen molar-refractivity contribution in [1.29, 1.82) is 5.26 Å². The summed E-state index contributed by atoms with van der Waals surface area (Å²) in [7, 11) is 0. The van der Waals surface area contributed by atoms with Gasteiger partial charge >= 0.3 is 0 Å². The van der Waals surface area contributed by atoms with E-state index in [0.29, 0.717) is 11.6 Å². The third kappa shape index (κ3) is 3.04. The van der Waals surface area contributed by atoms with E-state index in [9.17, 15) is 4.39 Å². The first kappa shape index (κ1) is 12.8. The van der Waals surface area contributed by atoms with Crippen molar-refractivity contribution in [3.05, 3.63) is 59.4 Å². The normalized spacial score (nSPS) is 14.0. The van der Waals surface area contributed by atoms with E-state index in [-0.39, 0.29) is 5.82 Å². The van der Waals surface area contributed by atoms with Gasteiger partial charge in [0.15, 0.2) is 0 Å². The molecule has 0 atom stereocenters. The van der Waals surface area contributed by atoms with Crippen molar-refractivity contribution < 1.29 is 4.39 Å². The lowest BCUT2D eigenvalue weighted by atomic mass is 10.0. The van der Waals surface area contributed by atoms with E-state index in [1.54, 1.807) is 6.07 Å². The second kappa shape index (κ2) is 5.44. The quantitative estimate of drug-likeness (QED) is 0.917. The third-order valence-electron chi connectivity index (χ3n) is 3.49. The van der Waals surface area contributed by atoms with Gasteiger partial charge in [-0.05, 0) is 47.7 Å². The Morgan fingerprint density at radius 3 is 2.50 bits per heavy atom. The molecule has 1 N–H and O–H groups in total. The molecule has 100 valence electrons. The summed E-state index contributed by atoms with van der Waals surface area (Å²) >= 11 is 0. The molecule has 1 saturated carbocycles. The van der Waals surface area contributed by atoms with Crippen molar-refractivity contribution in [3.8, 4) is 17.2 Å². The molecule has 1 aliphatic rings. The average molecular weight is 266 g/mol. The first-order valence-corrected chi connectivity index (χ1v) is 6.78. The van der Waals surface area contributed by atoms with Crippen LogP contribution in [0.1, 0.15) is 24.0 Å². The van der Waals surface area contributed by atoms with Crippen LogP contribution in [-0.4, -0.2) is 6.04 Å². The van der Waals surface area contributed by atoms with Gasteiger partial charge in [0, 0.05) is 12.6 Å². The van der Waals surface area contributed by atoms with Crippen molar-refractivity contribution in [2.75, 3.05) is 0 Å². The predicted octanol–water partition coefficient (Wildman–Crippen LogP) is 3.62. The maximum atomic E-state index is 13.4. The summed E-state index contributed by atoms with van der Waals surface area (Å²) < 4.78 is 13.4. The topological polar surface area (TPSA) is 35.8 Å². The highest BCUT2D eigenvalue weighted by molar-refractivity contribution is 5.65. The second-order valence-electron chi connectivity index (χ2n) is 5.19.